The Bertz CT molecular complexity index is 753. The maximum atomic E-state index is 6.29. The van der Waals surface area contributed by atoms with E-state index < -0.39 is 0 Å². The number of morpholine rings is 2. The molecule has 2 spiro atoms. The Hall–Kier alpha value is -1.40. The predicted molar refractivity (Wildman–Crippen MR) is 113 cm³/mol. The predicted octanol–water partition coefficient (Wildman–Crippen LogP) is 3.65. The Kier molecular flexibility index (Phi) is 4.49. The van der Waals surface area contributed by atoms with E-state index in [-0.39, 0.29) is 11.2 Å². The molecule has 5 fully saturated rings. The topological polar surface area (TPSA) is 50.7 Å². The van der Waals surface area contributed by atoms with Crippen molar-refractivity contribution in [1.29, 1.82) is 0 Å². The summed E-state index contributed by atoms with van der Waals surface area (Å²) in [5.74, 6) is 2.76. The van der Waals surface area contributed by atoms with Gasteiger partial charge in [-0.2, -0.15) is 4.98 Å². The molecule has 0 aromatic carbocycles. The monoisotopic (exact) mass is 398 g/mol. The van der Waals surface area contributed by atoms with Crippen molar-refractivity contribution >= 4 is 11.8 Å². The van der Waals surface area contributed by atoms with Crippen LogP contribution in [0.5, 0.6) is 0 Å². The highest BCUT2D eigenvalue weighted by molar-refractivity contribution is 5.54. The van der Waals surface area contributed by atoms with Gasteiger partial charge in [-0.3, -0.25) is 0 Å². The lowest BCUT2D eigenvalue weighted by molar-refractivity contribution is -0.0508. The van der Waals surface area contributed by atoms with Gasteiger partial charge in [-0.1, -0.05) is 25.7 Å². The molecule has 0 unspecified atom stereocenters. The molecule has 2 aliphatic heterocycles. The largest absolute Gasteiger partial charge is 0.371 e. The van der Waals surface area contributed by atoms with Gasteiger partial charge >= 0.3 is 0 Å². The molecule has 3 heterocycles. The van der Waals surface area contributed by atoms with Crippen molar-refractivity contribution < 1.29 is 9.47 Å². The first kappa shape index (κ1) is 18.4. The maximum Gasteiger partial charge on any atom is 0.227 e. The van der Waals surface area contributed by atoms with Crippen LogP contribution in [0, 0.1) is 0 Å². The van der Waals surface area contributed by atoms with Crippen molar-refractivity contribution in [3.05, 3.63) is 11.8 Å². The number of nitrogens with zero attached hydrogens (tertiary/aromatic N) is 4. The molecule has 3 saturated carbocycles. The zero-order chi connectivity index (χ0) is 19.3. The zero-order valence-electron chi connectivity index (χ0n) is 17.6. The minimum Gasteiger partial charge on any atom is -0.371 e. The van der Waals surface area contributed by atoms with Gasteiger partial charge in [0, 0.05) is 37.9 Å². The van der Waals surface area contributed by atoms with E-state index in [9.17, 15) is 0 Å². The molecule has 0 bridgehead atoms. The molecule has 0 radical (unpaired) electrons. The van der Waals surface area contributed by atoms with Gasteiger partial charge in [0.2, 0.25) is 5.95 Å². The number of hydrogen-bond donors (Lipinski definition) is 0. The summed E-state index contributed by atoms with van der Waals surface area (Å²) in [7, 11) is 0. The van der Waals surface area contributed by atoms with E-state index in [0.29, 0.717) is 5.92 Å². The maximum absolute atomic E-state index is 6.29. The molecule has 0 atom stereocenters. The highest BCUT2D eigenvalue weighted by Gasteiger charge is 2.42. The van der Waals surface area contributed by atoms with Gasteiger partial charge in [-0.25, -0.2) is 4.98 Å². The van der Waals surface area contributed by atoms with Crippen molar-refractivity contribution in [2.45, 2.75) is 81.3 Å². The summed E-state index contributed by atoms with van der Waals surface area (Å²) in [6.45, 7) is 5.41. The van der Waals surface area contributed by atoms with Crippen LogP contribution in [0.25, 0.3) is 0 Å². The lowest BCUT2D eigenvalue weighted by Gasteiger charge is -2.43. The average Bonchev–Trinajstić information content (AvgIpc) is 3.37. The number of aromatic nitrogens is 2. The summed E-state index contributed by atoms with van der Waals surface area (Å²) < 4.78 is 12.5. The summed E-state index contributed by atoms with van der Waals surface area (Å²) in [6, 6.07) is 0. The van der Waals surface area contributed by atoms with Crippen molar-refractivity contribution in [2.24, 2.45) is 0 Å². The second-order valence-electron chi connectivity index (χ2n) is 10.0. The zero-order valence-corrected chi connectivity index (χ0v) is 17.6. The molecule has 158 valence electrons. The van der Waals surface area contributed by atoms with Crippen LogP contribution < -0.4 is 9.80 Å². The number of rotatable bonds is 3. The van der Waals surface area contributed by atoms with E-state index in [1.165, 1.54) is 75.6 Å². The average molecular weight is 399 g/mol. The molecule has 6 heteroatoms. The lowest BCUT2D eigenvalue weighted by atomic mass is 9.99. The molecule has 0 N–H and O–H groups in total. The fraction of sp³-hybridized carbons (Fsp3) is 0.826. The Morgan fingerprint density at radius 1 is 0.828 bits per heavy atom. The summed E-state index contributed by atoms with van der Waals surface area (Å²) in [5.41, 5.74) is 1.48. The first-order chi connectivity index (χ1) is 14.2. The summed E-state index contributed by atoms with van der Waals surface area (Å²) in [5, 5.41) is 0. The summed E-state index contributed by atoms with van der Waals surface area (Å²) in [4.78, 5) is 15.0. The summed E-state index contributed by atoms with van der Waals surface area (Å²) in [6.07, 6.45) is 14.7. The van der Waals surface area contributed by atoms with E-state index in [1.807, 2.05) is 0 Å². The van der Waals surface area contributed by atoms with Crippen LogP contribution in [0.1, 0.15) is 75.7 Å². The van der Waals surface area contributed by atoms with E-state index in [2.05, 4.69) is 16.0 Å². The molecule has 6 rings (SSSR count). The molecular weight excluding hydrogens is 364 g/mol. The lowest BCUT2D eigenvalue weighted by Crippen LogP contribution is -2.52. The molecule has 0 amide bonds. The third kappa shape index (κ3) is 3.42. The van der Waals surface area contributed by atoms with Crippen LogP contribution in [0.2, 0.25) is 0 Å². The third-order valence-corrected chi connectivity index (χ3v) is 7.91. The van der Waals surface area contributed by atoms with E-state index in [4.69, 9.17) is 19.4 Å². The van der Waals surface area contributed by atoms with E-state index in [0.717, 1.165) is 45.3 Å². The molecule has 1 aromatic rings. The van der Waals surface area contributed by atoms with Gasteiger partial charge in [-0.15, -0.1) is 0 Å². The van der Waals surface area contributed by atoms with Gasteiger partial charge in [0.15, 0.2) is 0 Å². The van der Waals surface area contributed by atoms with Gasteiger partial charge in [0.1, 0.15) is 5.82 Å². The Morgan fingerprint density at radius 2 is 1.41 bits per heavy atom. The fourth-order valence-electron chi connectivity index (χ4n) is 6.15. The molecule has 5 aliphatic rings. The van der Waals surface area contributed by atoms with Crippen LogP contribution in [0.3, 0.4) is 0 Å². The molecule has 2 saturated heterocycles. The first-order valence-electron chi connectivity index (χ1n) is 11.9. The fourth-order valence-corrected chi connectivity index (χ4v) is 6.15. The van der Waals surface area contributed by atoms with Crippen molar-refractivity contribution in [3.8, 4) is 0 Å². The molecule has 6 nitrogen and oxygen atoms in total. The van der Waals surface area contributed by atoms with Crippen LogP contribution in [-0.4, -0.2) is 60.6 Å². The van der Waals surface area contributed by atoms with Gasteiger partial charge < -0.3 is 19.3 Å². The Morgan fingerprint density at radius 3 is 2.03 bits per heavy atom. The standard InChI is InChI=1S/C23H34N4O2/c1-2-8-22(7-1)16-26(11-13-28-22)20-19(18-5-6-18)15-24-21(25-20)27-12-14-29-23(17-27)9-3-4-10-23/h15,18H,1-14,16-17H2. The van der Waals surface area contributed by atoms with Crippen LogP contribution in [0.4, 0.5) is 11.8 Å². The minimum absolute atomic E-state index is 0.0454. The van der Waals surface area contributed by atoms with Gasteiger partial charge in [-0.05, 0) is 44.4 Å². The third-order valence-electron chi connectivity index (χ3n) is 7.91. The SMILES string of the molecule is c1nc(N2CCOC3(CCCC3)C2)nc(N2CCOC3(CCCC3)C2)c1C1CC1. The normalized spacial score (nSPS) is 28.6. The van der Waals surface area contributed by atoms with Crippen molar-refractivity contribution in [2.75, 3.05) is 49.2 Å². The highest BCUT2D eigenvalue weighted by atomic mass is 16.5. The van der Waals surface area contributed by atoms with Crippen LogP contribution in [0.15, 0.2) is 6.20 Å². The second-order valence-corrected chi connectivity index (χ2v) is 10.0. The molecular formula is C23H34N4O2. The highest BCUT2D eigenvalue weighted by Crippen LogP contribution is 2.46. The first-order valence-corrected chi connectivity index (χ1v) is 11.9. The van der Waals surface area contributed by atoms with Crippen LogP contribution >= 0.6 is 0 Å². The Labute approximate surface area is 174 Å². The van der Waals surface area contributed by atoms with Gasteiger partial charge in [0.25, 0.3) is 0 Å². The summed E-state index contributed by atoms with van der Waals surface area (Å²) >= 11 is 0. The number of anilines is 2. The number of ether oxygens (including phenoxy) is 2. The molecule has 3 aliphatic carbocycles. The van der Waals surface area contributed by atoms with Crippen LogP contribution in [-0.2, 0) is 9.47 Å². The van der Waals surface area contributed by atoms with Crippen molar-refractivity contribution in [3.63, 3.8) is 0 Å². The van der Waals surface area contributed by atoms with E-state index in [1.54, 1.807) is 0 Å². The number of hydrogen-bond acceptors (Lipinski definition) is 6. The van der Waals surface area contributed by atoms with E-state index >= 15 is 0 Å². The molecule has 1 aromatic heterocycles. The quantitative estimate of drug-likeness (QED) is 0.775. The second kappa shape index (κ2) is 7.09. The smallest absolute Gasteiger partial charge is 0.227 e. The van der Waals surface area contributed by atoms with Crippen molar-refractivity contribution in [1.82, 2.24) is 9.97 Å². The van der Waals surface area contributed by atoms with Gasteiger partial charge in [0.05, 0.1) is 24.4 Å². The minimum atomic E-state index is 0.0454. The molecule has 29 heavy (non-hydrogen) atoms. The Balaban J connectivity index is 1.29.